The lowest BCUT2D eigenvalue weighted by molar-refractivity contribution is -0.142. The number of carboxylic acid groups (broad SMARTS) is 1. The van der Waals surface area contributed by atoms with Gasteiger partial charge in [0.2, 0.25) is 0 Å². The Hall–Kier alpha value is -0.850. The van der Waals surface area contributed by atoms with Crippen LogP contribution in [0.3, 0.4) is 0 Å². The van der Waals surface area contributed by atoms with Crippen LogP contribution in [0.2, 0.25) is 0 Å². The predicted octanol–water partition coefficient (Wildman–Crippen LogP) is 1.58. The van der Waals surface area contributed by atoms with Crippen LogP contribution < -0.4 is 0 Å². The minimum atomic E-state index is -0.693. The zero-order chi connectivity index (χ0) is 13.4. The number of fused-ring (bicyclic) bond motifs is 1. The Morgan fingerprint density at radius 1 is 1.24 bits per heavy atom. The Morgan fingerprint density at radius 2 is 1.90 bits per heavy atom. The van der Waals surface area contributed by atoms with Crippen molar-refractivity contribution in [2.24, 2.45) is 5.92 Å². The third-order valence-corrected chi connectivity index (χ3v) is 4.42. The number of carbonyl (C=O) groups is 1. The van der Waals surface area contributed by atoms with Crippen LogP contribution in [-0.2, 0) is 17.6 Å². The average molecular weight is 337 g/mol. The summed E-state index contributed by atoms with van der Waals surface area (Å²) in [6.07, 6.45) is 4.17. The van der Waals surface area contributed by atoms with Crippen molar-refractivity contribution in [2.75, 3.05) is 20.1 Å². The van der Waals surface area contributed by atoms with E-state index < -0.39 is 5.97 Å². The molecular weight excluding hydrogens is 315 g/mol. The Bertz CT molecular complexity index is 487. The Labute approximate surface area is 136 Å². The molecule has 3 rings (SSSR count). The summed E-state index contributed by atoms with van der Waals surface area (Å²) in [7, 11) is 2.13. The van der Waals surface area contributed by atoms with Crippen LogP contribution in [0.4, 0.5) is 0 Å². The number of hydrogen-bond acceptors (Lipinski definition) is 4. The number of halogens is 2. The Kier molecular flexibility index (Phi) is 6.43. The quantitative estimate of drug-likeness (QED) is 0.887. The summed E-state index contributed by atoms with van der Waals surface area (Å²) in [6, 6.07) is 0.389. The second-order valence-electron chi connectivity index (χ2n) is 5.74. The number of aromatic nitrogens is 3. The van der Waals surface area contributed by atoms with E-state index >= 15 is 0 Å². The van der Waals surface area contributed by atoms with Gasteiger partial charge in [-0.3, -0.25) is 4.79 Å². The molecule has 120 valence electrons. The van der Waals surface area contributed by atoms with Crippen LogP contribution in [0.25, 0.3) is 0 Å². The lowest BCUT2D eigenvalue weighted by Crippen LogP contribution is -2.33. The zero-order valence-electron chi connectivity index (χ0n) is 12.1. The highest BCUT2D eigenvalue weighted by atomic mass is 35.5. The minimum Gasteiger partial charge on any atom is -0.481 e. The SMILES string of the molecule is CN1CCC(n2nnc3c2CC(C(=O)O)CC3)CC1.Cl.Cl. The van der Waals surface area contributed by atoms with Gasteiger partial charge in [0, 0.05) is 6.42 Å². The normalized spacial score (nSPS) is 22.8. The number of carboxylic acids is 1. The molecule has 1 saturated heterocycles. The molecule has 2 aliphatic rings. The summed E-state index contributed by atoms with van der Waals surface area (Å²) in [5.41, 5.74) is 2.07. The molecule has 21 heavy (non-hydrogen) atoms. The molecule has 1 aromatic rings. The van der Waals surface area contributed by atoms with E-state index in [1.807, 2.05) is 4.68 Å². The first-order valence-electron chi connectivity index (χ1n) is 6.99. The van der Waals surface area contributed by atoms with Crippen LogP contribution in [0.1, 0.15) is 36.7 Å². The second kappa shape index (κ2) is 7.42. The molecule has 0 radical (unpaired) electrons. The van der Waals surface area contributed by atoms with Crippen molar-refractivity contribution in [3.8, 4) is 0 Å². The molecule has 1 fully saturated rings. The van der Waals surface area contributed by atoms with Gasteiger partial charge < -0.3 is 10.0 Å². The van der Waals surface area contributed by atoms with Crippen LogP contribution >= 0.6 is 24.8 Å². The predicted molar refractivity (Wildman–Crippen MR) is 83.4 cm³/mol. The van der Waals surface area contributed by atoms with Gasteiger partial charge in [0.05, 0.1) is 23.3 Å². The number of rotatable bonds is 2. The smallest absolute Gasteiger partial charge is 0.306 e. The monoisotopic (exact) mass is 336 g/mol. The van der Waals surface area contributed by atoms with E-state index in [9.17, 15) is 9.90 Å². The van der Waals surface area contributed by atoms with Gasteiger partial charge in [-0.05, 0) is 45.8 Å². The Morgan fingerprint density at radius 3 is 2.52 bits per heavy atom. The molecular formula is C13H22Cl2N4O2. The first-order valence-corrected chi connectivity index (χ1v) is 6.99. The summed E-state index contributed by atoms with van der Waals surface area (Å²) in [4.78, 5) is 13.5. The third kappa shape index (κ3) is 3.67. The van der Waals surface area contributed by atoms with Crippen molar-refractivity contribution < 1.29 is 9.90 Å². The standard InChI is InChI=1S/C13H20N4O2.2ClH/c1-16-6-4-10(5-7-16)17-12-8-9(13(18)19)2-3-11(12)14-15-17;;/h9-10H,2-8H2,1H3,(H,18,19);2*1H. The number of nitrogens with zero attached hydrogens (tertiary/aromatic N) is 4. The highest BCUT2D eigenvalue weighted by molar-refractivity contribution is 5.85. The lowest BCUT2D eigenvalue weighted by atomic mass is 9.89. The highest BCUT2D eigenvalue weighted by Crippen LogP contribution is 2.29. The number of likely N-dealkylation sites (tertiary alicyclic amines) is 1. The third-order valence-electron chi connectivity index (χ3n) is 4.42. The number of hydrogen-bond donors (Lipinski definition) is 1. The molecule has 0 aromatic carbocycles. The average Bonchev–Trinajstić information content (AvgIpc) is 2.82. The summed E-state index contributed by atoms with van der Waals surface area (Å²) >= 11 is 0. The van der Waals surface area contributed by atoms with Crippen molar-refractivity contribution >= 4 is 30.8 Å². The fourth-order valence-corrected chi connectivity index (χ4v) is 3.14. The van der Waals surface area contributed by atoms with Crippen LogP contribution in [0, 0.1) is 5.92 Å². The van der Waals surface area contributed by atoms with E-state index in [1.165, 1.54) is 0 Å². The lowest BCUT2D eigenvalue weighted by Gasteiger charge is -2.30. The molecule has 2 heterocycles. The molecule has 1 N–H and O–H groups in total. The van der Waals surface area contributed by atoms with E-state index in [-0.39, 0.29) is 30.7 Å². The summed E-state index contributed by atoms with van der Waals surface area (Å²) in [6.45, 7) is 2.14. The van der Waals surface area contributed by atoms with Crippen molar-refractivity contribution in [1.82, 2.24) is 19.9 Å². The highest BCUT2D eigenvalue weighted by Gasteiger charge is 2.31. The minimum absolute atomic E-state index is 0. The van der Waals surface area contributed by atoms with Crippen LogP contribution in [0.5, 0.6) is 0 Å². The molecule has 8 heteroatoms. The molecule has 0 bridgehead atoms. The van der Waals surface area contributed by atoms with Gasteiger partial charge in [0.15, 0.2) is 0 Å². The first-order chi connectivity index (χ1) is 9.15. The maximum absolute atomic E-state index is 11.2. The number of piperidine rings is 1. The van der Waals surface area contributed by atoms with Gasteiger partial charge in [-0.1, -0.05) is 5.21 Å². The van der Waals surface area contributed by atoms with Crippen molar-refractivity contribution in [3.63, 3.8) is 0 Å². The fraction of sp³-hybridized carbons (Fsp3) is 0.769. The second-order valence-corrected chi connectivity index (χ2v) is 5.74. The number of aryl methyl sites for hydroxylation is 1. The molecule has 1 aliphatic carbocycles. The van der Waals surface area contributed by atoms with Crippen LogP contribution in [-0.4, -0.2) is 51.1 Å². The van der Waals surface area contributed by atoms with E-state index in [1.54, 1.807) is 0 Å². The molecule has 1 unspecified atom stereocenters. The van der Waals surface area contributed by atoms with Gasteiger partial charge in [-0.2, -0.15) is 0 Å². The van der Waals surface area contributed by atoms with Gasteiger partial charge in [0.1, 0.15) is 0 Å². The maximum atomic E-state index is 11.2. The van der Waals surface area contributed by atoms with Crippen molar-refractivity contribution in [1.29, 1.82) is 0 Å². The first kappa shape index (κ1) is 18.2. The molecule has 6 nitrogen and oxygen atoms in total. The van der Waals surface area contributed by atoms with Gasteiger partial charge in [-0.25, -0.2) is 4.68 Å². The van der Waals surface area contributed by atoms with E-state index in [0.717, 1.165) is 43.7 Å². The van der Waals surface area contributed by atoms with Gasteiger partial charge in [-0.15, -0.1) is 29.9 Å². The fourth-order valence-electron chi connectivity index (χ4n) is 3.14. The summed E-state index contributed by atoms with van der Waals surface area (Å²) in [5, 5.41) is 17.7. The molecule has 0 saturated carbocycles. The maximum Gasteiger partial charge on any atom is 0.306 e. The Balaban J connectivity index is 0.00000110. The summed E-state index contributed by atoms with van der Waals surface area (Å²) < 4.78 is 2.01. The summed E-state index contributed by atoms with van der Waals surface area (Å²) in [5.74, 6) is -0.960. The molecule has 1 aliphatic heterocycles. The van der Waals surface area contributed by atoms with Gasteiger partial charge in [0.25, 0.3) is 0 Å². The number of aliphatic carboxylic acids is 1. The largest absolute Gasteiger partial charge is 0.481 e. The van der Waals surface area contributed by atoms with E-state index in [0.29, 0.717) is 18.9 Å². The topological polar surface area (TPSA) is 71.2 Å². The molecule has 0 spiro atoms. The van der Waals surface area contributed by atoms with Crippen LogP contribution in [0.15, 0.2) is 0 Å². The van der Waals surface area contributed by atoms with Gasteiger partial charge >= 0.3 is 5.97 Å². The molecule has 1 atom stereocenters. The van der Waals surface area contributed by atoms with Crippen molar-refractivity contribution in [3.05, 3.63) is 11.4 Å². The van der Waals surface area contributed by atoms with Crippen molar-refractivity contribution in [2.45, 2.75) is 38.1 Å². The zero-order valence-corrected chi connectivity index (χ0v) is 13.7. The van der Waals surface area contributed by atoms with E-state index in [4.69, 9.17) is 0 Å². The molecule has 1 aromatic heterocycles. The van der Waals surface area contributed by atoms with E-state index in [2.05, 4.69) is 22.3 Å². The molecule has 0 amide bonds.